The van der Waals surface area contributed by atoms with Crippen molar-refractivity contribution in [3.8, 4) is 39.1 Å². The highest BCUT2D eigenvalue weighted by Crippen LogP contribution is 2.49. The number of nitrogens with zero attached hydrogens (tertiary/aromatic N) is 1. The number of hydrogen-bond acceptors (Lipinski definition) is 1. The average molecular weight is 667 g/mol. The van der Waals surface area contributed by atoms with E-state index >= 15 is 0 Å². The van der Waals surface area contributed by atoms with E-state index in [4.69, 9.17) is 0 Å². The molecule has 1 N–H and O–H groups in total. The third-order valence-electron chi connectivity index (χ3n) is 11.2. The summed E-state index contributed by atoms with van der Waals surface area (Å²) in [6.07, 6.45) is 4.55. The average Bonchev–Trinajstić information content (AvgIpc) is 3.66. The van der Waals surface area contributed by atoms with Crippen molar-refractivity contribution in [2.75, 3.05) is 6.54 Å². The van der Waals surface area contributed by atoms with Gasteiger partial charge in [-0.3, -0.25) is 0 Å². The Morgan fingerprint density at radius 2 is 1.10 bits per heavy atom. The van der Waals surface area contributed by atoms with Gasteiger partial charge in [0.2, 0.25) is 0 Å². The number of dihydropyridines is 1. The van der Waals surface area contributed by atoms with Crippen LogP contribution in [0.4, 0.5) is 0 Å². The summed E-state index contributed by atoms with van der Waals surface area (Å²) in [7, 11) is 0. The van der Waals surface area contributed by atoms with Gasteiger partial charge in [0.25, 0.3) is 0 Å². The molecule has 0 bridgehead atoms. The molecule has 248 valence electrons. The first-order chi connectivity index (χ1) is 25.5. The van der Waals surface area contributed by atoms with Gasteiger partial charge in [-0.05, 0) is 110 Å². The van der Waals surface area contributed by atoms with Crippen molar-refractivity contribution in [2.24, 2.45) is 0 Å². The Bertz CT molecular complexity index is 2680. The lowest BCUT2D eigenvalue weighted by atomic mass is 9.82. The van der Waals surface area contributed by atoms with Crippen LogP contribution in [-0.2, 0) is 5.41 Å². The molecule has 0 saturated carbocycles. The largest absolute Gasteiger partial charge is 0.380 e. The quantitative estimate of drug-likeness (QED) is 0.193. The van der Waals surface area contributed by atoms with Crippen molar-refractivity contribution in [1.82, 2.24) is 9.88 Å². The van der Waals surface area contributed by atoms with Crippen LogP contribution in [0.15, 0.2) is 176 Å². The van der Waals surface area contributed by atoms with Crippen LogP contribution in [0.3, 0.4) is 0 Å². The van der Waals surface area contributed by atoms with Crippen LogP contribution in [0, 0.1) is 0 Å². The van der Waals surface area contributed by atoms with E-state index in [0.29, 0.717) is 0 Å². The summed E-state index contributed by atoms with van der Waals surface area (Å²) in [6, 6.07) is 60.0. The number of hydrogen-bond donors (Lipinski definition) is 1. The summed E-state index contributed by atoms with van der Waals surface area (Å²) in [5, 5.41) is 6.29. The molecule has 0 saturated heterocycles. The first kappa shape index (κ1) is 30.4. The Kier molecular flexibility index (Phi) is 6.94. The van der Waals surface area contributed by atoms with Gasteiger partial charge in [0.05, 0.1) is 11.0 Å². The Hall–Kier alpha value is -6.38. The fourth-order valence-electron chi connectivity index (χ4n) is 8.55. The van der Waals surface area contributed by atoms with Gasteiger partial charge >= 0.3 is 0 Å². The second-order valence-electron chi connectivity index (χ2n) is 14.6. The maximum Gasteiger partial charge on any atom is 0.0541 e. The molecule has 2 aliphatic rings. The standard InChI is InChI=1S/C50H38N2/c1-50(2)45-19-11-9-17-41(45)42-24-21-36(31-46(42)50)47-25-22-37(32-51-47)35-23-26-49-44(30-35)43-18-10-12-20-48(43)52(49)40-28-38(33-13-5-3-6-14-33)27-39(29-40)34-15-7-4-8-16-34/h3-31,51H,32H2,1-2H3. The van der Waals surface area contributed by atoms with Crippen molar-refractivity contribution in [3.05, 3.63) is 198 Å². The maximum absolute atomic E-state index is 3.77. The molecule has 2 heteroatoms. The van der Waals surface area contributed by atoms with Crippen LogP contribution in [-0.4, -0.2) is 11.1 Å². The molecule has 52 heavy (non-hydrogen) atoms. The number of nitrogens with one attached hydrogen (secondary N) is 1. The Morgan fingerprint density at radius 1 is 0.462 bits per heavy atom. The van der Waals surface area contributed by atoms with Crippen molar-refractivity contribution in [1.29, 1.82) is 0 Å². The molecule has 0 spiro atoms. The number of fused-ring (bicyclic) bond motifs is 6. The van der Waals surface area contributed by atoms with Gasteiger partial charge < -0.3 is 9.88 Å². The van der Waals surface area contributed by atoms with E-state index in [2.05, 4.69) is 200 Å². The van der Waals surface area contributed by atoms with Crippen LogP contribution >= 0.6 is 0 Å². The molecule has 7 aromatic carbocycles. The first-order valence-corrected chi connectivity index (χ1v) is 18.2. The molecule has 0 radical (unpaired) electrons. The molecule has 2 nitrogen and oxygen atoms in total. The molecule has 0 atom stereocenters. The molecule has 1 aromatic heterocycles. The van der Waals surface area contributed by atoms with E-state index in [-0.39, 0.29) is 5.41 Å². The fourth-order valence-corrected chi connectivity index (χ4v) is 8.55. The third kappa shape index (κ3) is 4.86. The molecular weight excluding hydrogens is 629 g/mol. The first-order valence-electron chi connectivity index (χ1n) is 18.2. The Morgan fingerprint density at radius 3 is 1.83 bits per heavy atom. The van der Waals surface area contributed by atoms with Gasteiger partial charge in [-0.2, -0.15) is 0 Å². The van der Waals surface area contributed by atoms with E-state index in [9.17, 15) is 0 Å². The lowest BCUT2D eigenvalue weighted by Gasteiger charge is -2.23. The summed E-state index contributed by atoms with van der Waals surface area (Å²) < 4.78 is 2.44. The second kappa shape index (κ2) is 11.9. The van der Waals surface area contributed by atoms with E-state index in [1.54, 1.807) is 0 Å². The smallest absolute Gasteiger partial charge is 0.0541 e. The van der Waals surface area contributed by atoms with Gasteiger partial charge in [0.15, 0.2) is 0 Å². The lowest BCUT2D eigenvalue weighted by molar-refractivity contribution is 0.660. The van der Waals surface area contributed by atoms with E-state index in [1.165, 1.54) is 88.7 Å². The molecule has 1 aliphatic carbocycles. The highest BCUT2D eigenvalue weighted by molar-refractivity contribution is 6.10. The van der Waals surface area contributed by atoms with Crippen molar-refractivity contribution in [2.45, 2.75) is 19.3 Å². The molecule has 0 amide bonds. The molecular formula is C50H38N2. The van der Waals surface area contributed by atoms with Crippen LogP contribution in [0.5, 0.6) is 0 Å². The zero-order valence-electron chi connectivity index (χ0n) is 29.4. The number of rotatable bonds is 5. The number of para-hydroxylation sites is 1. The third-order valence-corrected chi connectivity index (χ3v) is 11.2. The summed E-state index contributed by atoms with van der Waals surface area (Å²) in [6.45, 7) is 5.46. The molecule has 10 rings (SSSR count). The van der Waals surface area contributed by atoms with Crippen LogP contribution < -0.4 is 5.32 Å². The second-order valence-corrected chi connectivity index (χ2v) is 14.6. The minimum absolute atomic E-state index is 0.0151. The van der Waals surface area contributed by atoms with Gasteiger partial charge in [-0.1, -0.05) is 141 Å². The maximum atomic E-state index is 3.77. The fraction of sp³-hybridized carbons (Fsp3) is 0.0800. The van der Waals surface area contributed by atoms with Gasteiger partial charge in [0.1, 0.15) is 0 Å². The Balaban J connectivity index is 1.05. The van der Waals surface area contributed by atoms with Gasteiger partial charge in [0, 0.05) is 34.1 Å². The summed E-state index contributed by atoms with van der Waals surface area (Å²) in [4.78, 5) is 0. The predicted molar refractivity (Wildman–Crippen MR) is 220 cm³/mol. The minimum Gasteiger partial charge on any atom is -0.380 e. The van der Waals surface area contributed by atoms with E-state index < -0.39 is 0 Å². The van der Waals surface area contributed by atoms with Gasteiger partial charge in [-0.15, -0.1) is 0 Å². The summed E-state index contributed by atoms with van der Waals surface area (Å²) in [5.41, 5.74) is 18.8. The molecule has 0 fully saturated rings. The highest BCUT2D eigenvalue weighted by Gasteiger charge is 2.35. The summed E-state index contributed by atoms with van der Waals surface area (Å²) in [5.74, 6) is 0. The monoisotopic (exact) mass is 666 g/mol. The van der Waals surface area contributed by atoms with Crippen LogP contribution in [0.2, 0.25) is 0 Å². The number of allylic oxidation sites excluding steroid dienone is 2. The normalized spacial score (nSPS) is 14.4. The van der Waals surface area contributed by atoms with E-state index in [1.807, 2.05) is 0 Å². The molecule has 8 aromatic rings. The number of benzene rings is 7. The molecule has 1 aliphatic heterocycles. The zero-order chi connectivity index (χ0) is 34.8. The minimum atomic E-state index is -0.0151. The highest BCUT2D eigenvalue weighted by atomic mass is 15.0. The number of aromatic nitrogens is 1. The van der Waals surface area contributed by atoms with Crippen LogP contribution in [0.25, 0.3) is 72.1 Å². The van der Waals surface area contributed by atoms with E-state index in [0.717, 1.165) is 12.2 Å². The van der Waals surface area contributed by atoms with Crippen molar-refractivity contribution < 1.29 is 0 Å². The molecule has 2 heterocycles. The summed E-state index contributed by atoms with van der Waals surface area (Å²) >= 11 is 0. The predicted octanol–water partition coefficient (Wildman–Crippen LogP) is 12.5. The van der Waals surface area contributed by atoms with Crippen LogP contribution in [0.1, 0.15) is 36.1 Å². The molecule has 0 unspecified atom stereocenters. The van der Waals surface area contributed by atoms with Crippen molar-refractivity contribution in [3.63, 3.8) is 0 Å². The lowest BCUT2D eigenvalue weighted by Crippen LogP contribution is -2.19. The van der Waals surface area contributed by atoms with Gasteiger partial charge in [-0.25, -0.2) is 0 Å². The SMILES string of the molecule is CC1(C)c2ccccc2-c2ccc(C3=CC=C(c4ccc5c(c4)c4ccccc4n5-c4cc(-c5ccccc5)cc(-c5ccccc5)c4)CN3)cc21. The Labute approximate surface area is 305 Å². The topological polar surface area (TPSA) is 17.0 Å². The van der Waals surface area contributed by atoms with Crippen molar-refractivity contribution >= 4 is 33.1 Å². The zero-order valence-corrected chi connectivity index (χ0v) is 29.4.